The third-order valence-corrected chi connectivity index (χ3v) is 7.42. The molecule has 1 saturated heterocycles. The number of carbonyl (C=O) groups is 1. The molecule has 162 valence electrons. The summed E-state index contributed by atoms with van der Waals surface area (Å²) in [5.74, 6) is -0.180. The van der Waals surface area contributed by atoms with Gasteiger partial charge >= 0.3 is 0 Å². The maximum atomic E-state index is 13.3. The molecule has 1 aliphatic heterocycles. The van der Waals surface area contributed by atoms with Gasteiger partial charge in [-0.2, -0.15) is 0 Å². The van der Waals surface area contributed by atoms with Gasteiger partial charge in [0, 0.05) is 30.3 Å². The van der Waals surface area contributed by atoms with Crippen LogP contribution in [0.1, 0.15) is 55.5 Å². The van der Waals surface area contributed by atoms with Crippen LogP contribution in [0, 0.1) is 5.92 Å². The van der Waals surface area contributed by atoms with E-state index in [1.165, 1.54) is 12.1 Å². The molecule has 6 heteroatoms. The van der Waals surface area contributed by atoms with Crippen molar-refractivity contribution in [3.63, 3.8) is 0 Å². The molecule has 0 radical (unpaired) electrons. The Morgan fingerprint density at radius 2 is 1.73 bits per heavy atom. The lowest BCUT2D eigenvalue weighted by Gasteiger charge is -2.50. The summed E-state index contributed by atoms with van der Waals surface area (Å²) in [5.41, 5.74) is 0.419. The van der Waals surface area contributed by atoms with Gasteiger partial charge in [0.2, 0.25) is 0 Å². The average molecular weight is 430 g/mol. The van der Waals surface area contributed by atoms with Gasteiger partial charge in [0.05, 0.1) is 10.5 Å². The number of likely N-dealkylation sites (tertiary alicyclic amines) is 1. The summed E-state index contributed by atoms with van der Waals surface area (Å²) in [6, 6.07) is 15.8. The number of rotatable bonds is 6. The Labute approximate surface area is 179 Å². The van der Waals surface area contributed by atoms with E-state index in [2.05, 4.69) is 13.8 Å². The molecule has 0 saturated carbocycles. The van der Waals surface area contributed by atoms with E-state index in [-0.39, 0.29) is 22.8 Å². The van der Waals surface area contributed by atoms with Gasteiger partial charge in [-0.25, -0.2) is 8.42 Å². The predicted molar refractivity (Wildman–Crippen MR) is 118 cm³/mol. The molecule has 0 unspecified atom stereocenters. The topological polar surface area (TPSA) is 74.7 Å². The molecule has 3 rings (SSSR count). The summed E-state index contributed by atoms with van der Waals surface area (Å²) in [7, 11) is -3.31. The molecule has 3 atom stereocenters. The number of amides is 1. The van der Waals surface area contributed by atoms with Crippen LogP contribution in [0.5, 0.6) is 0 Å². The Morgan fingerprint density at radius 3 is 2.27 bits per heavy atom. The molecule has 2 aromatic carbocycles. The molecule has 5 nitrogen and oxygen atoms in total. The van der Waals surface area contributed by atoms with Crippen molar-refractivity contribution in [2.75, 3.05) is 12.8 Å². The second-order valence-electron chi connectivity index (χ2n) is 8.21. The van der Waals surface area contributed by atoms with Crippen molar-refractivity contribution in [3.05, 3.63) is 65.7 Å². The molecule has 0 aliphatic carbocycles. The molecule has 1 N–H and O–H groups in total. The molecular formula is C24H31NO4S. The van der Waals surface area contributed by atoms with E-state index in [9.17, 15) is 18.3 Å². The van der Waals surface area contributed by atoms with Crippen molar-refractivity contribution >= 4 is 15.7 Å². The molecule has 1 fully saturated rings. The second-order valence-corrected chi connectivity index (χ2v) is 10.2. The largest absolute Gasteiger partial charge is 0.385 e. The summed E-state index contributed by atoms with van der Waals surface area (Å²) >= 11 is 0. The molecule has 30 heavy (non-hydrogen) atoms. The van der Waals surface area contributed by atoms with Crippen LogP contribution in [0.4, 0.5) is 0 Å². The number of nitrogens with zero attached hydrogens (tertiary/aromatic N) is 1. The average Bonchev–Trinajstić information content (AvgIpc) is 2.75. The van der Waals surface area contributed by atoms with Crippen LogP contribution in [-0.4, -0.2) is 43.2 Å². The minimum absolute atomic E-state index is 0.0668. The first-order valence-electron chi connectivity index (χ1n) is 10.6. The Bertz CT molecular complexity index is 972. The lowest BCUT2D eigenvalue weighted by molar-refractivity contribution is -0.101. The Kier molecular flexibility index (Phi) is 6.68. The number of carbonyl (C=O) groups excluding carboxylic acids is 1. The smallest absolute Gasteiger partial charge is 0.254 e. The third-order valence-electron chi connectivity index (χ3n) is 6.29. The van der Waals surface area contributed by atoms with Crippen LogP contribution < -0.4 is 0 Å². The van der Waals surface area contributed by atoms with E-state index in [1.807, 2.05) is 35.2 Å². The monoisotopic (exact) mass is 429 g/mol. The lowest BCUT2D eigenvalue weighted by atomic mass is 9.69. The van der Waals surface area contributed by atoms with Gasteiger partial charge in [0.25, 0.3) is 5.91 Å². The summed E-state index contributed by atoms with van der Waals surface area (Å²) in [6.45, 7) is 4.61. The molecule has 0 bridgehead atoms. The standard InChI is InChI=1S/C24H31NO4S/c1-4-9-21-22(5-2)25(17-16-24(21,27)19-10-7-6-8-11-19)23(26)18-12-14-20(15-13-18)30(3,28)29/h6-8,10-15,21-22,27H,4-5,9,16-17H2,1-3H3/t21-,22+,24-/m1/s1. The fourth-order valence-electron chi connectivity index (χ4n) is 4.77. The normalized spacial score (nSPS) is 24.6. The highest BCUT2D eigenvalue weighted by Gasteiger charge is 2.48. The molecule has 0 spiro atoms. The van der Waals surface area contributed by atoms with Gasteiger partial charge in [0.1, 0.15) is 0 Å². The summed E-state index contributed by atoms with van der Waals surface area (Å²) < 4.78 is 23.4. The van der Waals surface area contributed by atoms with E-state index in [0.717, 1.165) is 31.1 Å². The van der Waals surface area contributed by atoms with Gasteiger partial charge in [-0.1, -0.05) is 50.6 Å². The second kappa shape index (κ2) is 8.90. The van der Waals surface area contributed by atoms with Gasteiger partial charge in [-0.15, -0.1) is 0 Å². The van der Waals surface area contributed by atoms with Gasteiger partial charge in [0.15, 0.2) is 9.84 Å². The number of piperidine rings is 1. The van der Waals surface area contributed by atoms with Crippen molar-refractivity contribution in [1.29, 1.82) is 0 Å². The van der Waals surface area contributed by atoms with Crippen LogP contribution >= 0.6 is 0 Å². The zero-order valence-corrected chi connectivity index (χ0v) is 18.7. The number of hydrogen-bond donors (Lipinski definition) is 1. The van der Waals surface area contributed by atoms with Crippen molar-refractivity contribution < 1.29 is 18.3 Å². The molecule has 1 amide bonds. The maximum absolute atomic E-state index is 13.3. The van der Waals surface area contributed by atoms with E-state index in [1.54, 1.807) is 12.1 Å². The predicted octanol–water partition coefficient (Wildman–Crippen LogP) is 4.02. The number of aliphatic hydroxyl groups is 1. The van der Waals surface area contributed by atoms with Crippen LogP contribution in [0.25, 0.3) is 0 Å². The summed E-state index contributed by atoms with van der Waals surface area (Å²) in [4.78, 5) is 15.4. The van der Waals surface area contributed by atoms with Gasteiger partial charge < -0.3 is 10.0 Å². The first-order chi connectivity index (χ1) is 14.2. The molecule has 0 aromatic heterocycles. The van der Waals surface area contributed by atoms with Crippen LogP contribution in [0.2, 0.25) is 0 Å². The Balaban J connectivity index is 1.92. The van der Waals surface area contributed by atoms with E-state index in [4.69, 9.17) is 0 Å². The van der Waals surface area contributed by atoms with Crippen LogP contribution in [-0.2, 0) is 15.4 Å². The fourth-order valence-corrected chi connectivity index (χ4v) is 5.40. The molecule has 1 aliphatic rings. The van der Waals surface area contributed by atoms with Gasteiger partial charge in [-0.05, 0) is 49.1 Å². The van der Waals surface area contributed by atoms with Crippen LogP contribution in [0.3, 0.4) is 0 Å². The van der Waals surface area contributed by atoms with Crippen molar-refractivity contribution in [1.82, 2.24) is 4.90 Å². The number of benzene rings is 2. The maximum Gasteiger partial charge on any atom is 0.254 e. The minimum atomic E-state index is -3.31. The lowest BCUT2D eigenvalue weighted by Crippen LogP contribution is -2.57. The van der Waals surface area contributed by atoms with E-state index < -0.39 is 15.4 Å². The highest BCUT2D eigenvalue weighted by atomic mass is 32.2. The van der Waals surface area contributed by atoms with Gasteiger partial charge in [-0.3, -0.25) is 4.79 Å². The highest BCUT2D eigenvalue weighted by Crippen LogP contribution is 2.44. The fraction of sp³-hybridized carbons (Fsp3) is 0.458. The summed E-state index contributed by atoms with van der Waals surface area (Å²) in [6.07, 6.45) is 4.11. The van der Waals surface area contributed by atoms with Crippen molar-refractivity contribution in [2.24, 2.45) is 5.92 Å². The van der Waals surface area contributed by atoms with Crippen molar-refractivity contribution in [3.8, 4) is 0 Å². The minimum Gasteiger partial charge on any atom is -0.385 e. The third kappa shape index (κ3) is 4.30. The quantitative estimate of drug-likeness (QED) is 0.753. The van der Waals surface area contributed by atoms with E-state index in [0.29, 0.717) is 18.5 Å². The number of sulfone groups is 1. The highest BCUT2D eigenvalue weighted by molar-refractivity contribution is 7.90. The van der Waals surface area contributed by atoms with Crippen LogP contribution in [0.15, 0.2) is 59.5 Å². The first kappa shape index (κ1) is 22.5. The molecule has 2 aromatic rings. The zero-order chi connectivity index (χ0) is 21.9. The molecule has 1 heterocycles. The number of hydrogen-bond acceptors (Lipinski definition) is 4. The zero-order valence-electron chi connectivity index (χ0n) is 17.9. The summed E-state index contributed by atoms with van der Waals surface area (Å²) in [5, 5.41) is 11.7. The Hall–Kier alpha value is -2.18. The molecular weight excluding hydrogens is 398 g/mol. The SMILES string of the molecule is CCC[C@@H]1[C@H](CC)N(C(=O)c2ccc(S(C)(=O)=O)cc2)CC[C@@]1(O)c1ccccc1. The van der Waals surface area contributed by atoms with E-state index >= 15 is 0 Å². The first-order valence-corrected chi connectivity index (χ1v) is 12.5. The Morgan fingerprint density at radius 1 is 1.10 bits per heavy atom. The van der Waals surface area contributed by atoms with Crippen molar-refractivity contribution in [2.45, 2.75) is 56.1 Å².